The number of carbonyl (C=O) groups excluding carboxylic acids is 1. The van der Waals surface area contributed by atoms with Gasteiger partial charge in [0.2, 0.25) is 0 Å². The number of aromatic nitrogens is 1. The summed E-state index contributed by atoms with van der Waals surface area (Å²) >= 11 is 0. The van der Waals surface area contributed by atoms with E-state index in [9.17, 15) is 4.79 Å². The summed E-state index contributed by atoms with van der Waals surface area (Å²) in [7, 11) is 0. The van der Waals surface area contributed by atoms with Gasteiger partial charge in [-0.2, -0.15) is 0 Å². The van der Waals surface area contributed by atoms with Crippen LogP contribution in [0.2, 0.25) is 0 Å². The number of rotatable bonds is 7. The third-order valence-electron chi connectivity index (χ3n) is 4.86. The SMILES string of the molecule is CCC(C)N(Cc1cccn1Cc1ccccc1)C(=O)c1ccccc1. The summed E-state index contributed by atoms with van der Waals surface area (Å²) in [6.07, 6.45) is 3.02. The van der Waals surface area contributed by atoms with Gasteiger partial charge < -0.3 is 9.47 Å². The Morgan fingerprint density at radius 1 is 0.962 bits per heavy atom. The lowest BCUT2D eigenvalue weighted by atomic mass is 10.1. The smallest absolute Gasteiger partial charge is 0.254 e. The molecule has 1 aromatic heterocycles. The summed E-state index contributed by atoms with van der Waals surface area (Å²) in [5.41, 5.74) is 3.15. The normalized spacial score (nSPS) is 11.9. The fraction of sp³-hybridized carbons (Fsp3) is 0.261. The number of carbonyl (C=O) groups is 1. The van der Waals surface area contributed by atoms with E-state index in [1.54, 1.807) is 0 Å². The lowest BCUT2D eigenvalue weighted by molar-refractivity contribution is 0.0667. The first kappa shape index (κ1) is 18.0. The predicted molar refractivity (Wildman–Crippen MR) is 106 cm³/mol. The molecule has 3 heteroatoms. The van der Waals surface area contributed by atoms with Crippen molar-refractivity contribution in [3.05, 3.63) is 95.8 Å². The van der Waals surface area contributed by atoms with Crippen LogP contribution in [0, 0.1) is 0 Å². The summed E-state index contributed by atoms with van der Waals surface area (Å²) < 4.78 is 2.23. The van der Waals surface area contributed by atoms with Gasteiger partial charge in [-0.25, -0.2) is 0 Å². The van der Waals surface area contributed by atoms with Gasteiger partial charge in [-0.1, -0.05) is 55.5 Å². The van der Waals surface area contributed by atoms with Crippen LogP contribution in [0.4, 0.5) is 0 Å². The van der Waals surface area contributed by atoms with Gasteiger partial charge >= 0.3 is 0 Å². The topological polar surface area (TPSA) is 25.2 Å². The Morgan fingerprint density at radius 3 is 2.27 bits per heavy atom. The molecule has 0 aliphatic carbocycles. The van der Waals surface area contributed by atoms with Crippen LogP contribution < -0.4 is 0 Å². The lowest BCUT2D eigenvalue weighted by Gasteiger charge is -2.29. The Hall–Kier alpha value is -2.81. The zero-order valence-electron chi connectivity index (χ0n) is 15.5. The van der Waals surface area contributed by atoms with Gasteiger partial charge in [0.15, 0.2) is 0 Å². The van der Waals surface area contributed by atoms with E-state index in [-0.39, 0.29) is 11.9 Å². The van der Waals surface area contributed by atoms with Crippen LogP contribution in [0.5, 0.6) is 0 Å². The zero-order chi connectivity index (χ0) is 18.4. The van der Waals surface area contributed by atoms with Crippen LogP contribution in [0.3, 0.4) is 0 Å². The first-order valence-electron chi connectivity index (χ1n) is 9.23. The van der Waals surface area contributed by atoms with Crippen LogP contribution in [0.1, 0.15) is 41.9 Å². The minimum Gasteiger partial charge on any atom is -0.345 e. The van der Waals surface area contributed by atoms with Gasteiger partial charge in [-0.15, -0.1) is 0 Å². The van der Waals surface area contributed by atoms with Crippen molar-refractivity contribution in [3.8, 4) is 0 Å². The molecule has 3 rings (SSSR count). The predicted octanol–water partition coefficient (Wildman–Crippen LogP) is 4.98. The molecule has 3 aromatic rings. The average Bonchev–Trinajstić information content (AvgIpc) is 3.13. The fourth-order valence-electron chi connectivity index (χ4n) is 3.10. The van der Waals surface area contributed by atoms with Crippen molar-refractivity contribution in [1.82, 2.24) is 9.47 Å². The van der Waals surface area contributed by atoms with E-state index in [2.05, 4.69) is 61.0 Å². The maximum absolute atomic E-state index is 13.1. The lowest BCUT2D eigenvalue weighted by Crippen LogP contribution is -2.38. The molecular weight excluding hydrogens is 320 g/mol. The Labute approximate surface area is 155 Å². The summed E-state index contributed by atoms with van der Waals surface area (Å²) in [6.45, 7) is 5.67. The summed E-state index contributed by atoms with van der Waals surface area (Å²) in [6, 6.07) is 24.3. The molecule has 0 N–H and O–H groups in total. The van der Waals surface area contributed by atoms with Crippen molar-refractivity contribution in [2.75, 3.05) is 0 Å². The van der Waals surface area contributed by atoms with Crippen molar-refractivity contribution < 1.29 is 4.79 Å². The monoisotopic (exact) mass is 346 g/mol. The van der Waals surface area contributed by atoms with Crippen LogP contribution in [-0.2, 0) is 13.1 Å². The summed E-state index contributed by atoms with van der Waals surface area (Å²) in [4.78, 5) is 15.0. The first-order valence-corrected chi connectivity index (χ1v) is 9.23. The van der Waals surface area contributed by atoms with E-state index in [0.717, 1.165) is 24.2 Å². The second kappa shape index (κ2) is 8.52. The van der Waals surface area contributed by atoms with Gasteiger partial charge in [0.1, 0.15) is 0 Å². The van der Waals surface area contributed by atoms with E-state index in [4.69, 9.17) is 0 Å². The third-order valence-corrected chi connectivity index (χ3v) is 4.86. The maximum Gasteiger partial charge on any atom is 0.254 e. The highest BCUT2D eigenvalue weighted by Crippen LogP contribution is 2.17. The molecule has 26 heavy (non-hydrogen) atoms. The van der Waals surface area contributed by atoms with Crippen molar-refractivity contribution >= 4 is 5.91 Å². The molecule has 0 radical (unpaired) electrons. The molecule has 0 spiro atoms. The number of nitrogens with zero attached hydrogens (tertiary/aromatic N) is 2. The molecule has 0 fully saturated rings. The first-order chi connectivity index (χ1) is 12.7. The van der Waals surface area contributed by atoms with Gasteiger partial charge in [-0.05, 0) is 43.2 Å². The molecule has 0 saturated carbocycles. The fourth-order valence-corrected chi connectivity index (χ4v) is 3.10. The molecule has 0 bridgehead atoms. The molecule has 3 nitrogen and oxygen atoms in total. The standard InChI is InChI=1S/C23H26N2O/c1-3-19(2)25(23(26)21-13-8-5-9-14-21)18-22-15-10-16-24(22)17-20-11-6-4-7-12-20/h4-16,19H,3,17-18H2,1-2H3. The van der Waals surface area contributed by atoms with E-state index in [1.807, 2.05) is 41.3 Å². The van der Waals surface area contributed by atoms with Crippen molar-refractivity contribution in [3.63, 3.8) is 0 Å². The Bertz CT molecular complexity index is 824. The summed E-state index contributed by atoms with van der Waals surface area (Å²) in [5, 5.41) is 0. The third kappa shape index (κ3) is 4.23. The molecule has 2 aromatic carbocycles. The molecule has 0 aliphatic heterocycles. The molecule has 1 heterocycles. The number of amides is 1. The highest BCUT2D eigenvalue weighted by molar-refractivity contribution is 5.94. The van der Waals surface area contributed by atoms with Crippen LogP contribution in [0.25, 0.3) is 0 Å². The Kier molecular flexibility index (Phi) is 5.90. The van der Waals surface area contributed by atoms with Crippen LogP contribution in [0.15, 0.2) is 79.0 Å². The van der Waals surface area contributed by atoms with Crippen molar-refractivity contribution in [2.45, 2.75) is 39.4 Å². The molecule has 134 valence electrons. The van der Waals surface area contributed by atoms with Gasteiger partial charge in [0.05, 0.1) is 6.54 Å². The van der Waals surface area contributed by atoms with E-state index >= 15 is 0 Å². The molecule has 0 aliphatic rings. The van der Waals surface area contributed by atoms with Crippen LogP contribution in [-0.4, -0.2) is 21.4 Å². The quantitative estimate of drug-likeness (QED) is 0.592. The largest absolute Gasteiger partial charge is 0.345 e. The highest BCUT2D eigenvalue weighted by atomic mass is 16.2. The van der Waals surface area contributed by atoms with E-state index < -0.39 is 0 Å². The molecule has 0 saturated heterocycles. The van der Waals surface area contributed by atoms with Gasteiger partial charge in [0.25, 0.3) is 5.91 Å². The molecular formula is C23H26N2O. The number of hydrogen-bond acceptors (Lipinski definition) is 1. The maximum atomic E-state index is 13.1. The molecule has 1 unspecified atom stereocenters. The van der Waals surface area contributed by atoms with Crippen LogP contribution >= 0.6 is 0 Å². The minimum atomic E-state index is 0.0902. The van der Waals surface area contributed by atoms with Gasteiger partial charge in [0, 0.05) is 30.0 Å². The number of benzene rings is 2. The molecule has 1 atom stereocenters. The zero-order valence-corrected chi connectivity index (χ0v) is 15.5. The van der Waals surface area contributed by atoms with E-state index in [1.165, 1.54) is 5.56 Å². The summed E-state index contributed by atoms with van der Waals surface area (Å²) in [5.74, 6) is 0.0902. The molecule has 1 amide bonds. The second-order valence-corrected chi connectivity index (χ2v) is 6.67. The highest BCUT2D eigenvalue weighted by Gasteiger charge is 2.21. The van der Waals surface area contributed by atoms with Crippen molar-refractivity contribution in [2.24, 2.45) is 0 Å². The van der Waals surface area contributed by atoms with E-state index in [0.29, 0.717) is 6.54 Å². The Balaban J connectivity index is 1.82. The van der Waals surface area contributed by atoms with Gasteiger partial charge in [-0.3, -0.25) is 4.79 Å². The van der Waals surface area contributed by atoms with Crippen molar-refractivity contribution in [1.29, 1.82) is 0 Å². The second-order valence-electron chi connectivity index (χ2n) is 6.67. The Morgan fingerprint density at radius 2 is 1.62 bits per heavy atom. The number of hydrogen-bond donors (Lipinski definition) is 0. The minimum absolute atomic E-state index is 0.0902. The average molecular weight is 346 g/mol.